The number of rotatable bonds is 8. The van der Waals surface area contributed by atoms with E-state index < -0.39 is 60.2 Å². The molecule has 3 N–H and O–H groups in total. The molecule has 1 aliphatic heterocycles. The summed E-state index contributed by atoms with van der Waals surface area (Å²) in [4.78, 5) is 38.4. The third kappa shape index (κ3) is 5.51. The number of carbonyl (C=O) groups excluding carboxylic acids is 3. The highest BCUT2D eigenvalue weighted by Crippen LogP contribution is 2.39. The van der Waals surface area contributed by atoms with Crippen LogP contribution in [0.4, 0.5) is 33.3 Å². The molecule has 1 aromatic carbocycles. The Morgan fingerprint density at radius 2 is 1.97 bits per heavy atom. The minimum atomic E-state index is -4.87. The first-order chi connectivity index (χ1) is 15.0. The van der Waals surface area contributed by atoms with Gasteiger partial charge in [0.05, 0.1) is 24.4 Å². The number of nitrogens with two attached hydrogens (primary N) is 1. The van der Waals surface area contributed by atoms with Crippen LogP contribution in [0, 0.1) is 0 Å². The topological polar surface area (TPSA) is 105 Å². The lowest BCUT2D eigenvalue weighted by Gasteiger charge is -2.30. The predicted molar refractivity (Wildman–Crippen MR) is 102 cm³/mol. The lowest BCUT2D eigenvalue weighted by Crippen LogP contribution is -2.54. The van der Waals surface area contributed by atoms with Crippen LogP contribution >= 0.6 is 0 Å². The van der Waals surface area contributed by atoms with Gasteiger partial charge >= 0.3 is 6.18 Å². The highest BCUT2D eigenvalue weighted by Gasteiger charge is 2.42. The normalized spacial score (nSPS) is 18.2. The molecule has 1 saturated carbocycles. The first kappa shape index (κ1) is 23.9. The van der Waals surface area contributed by atoms with Crippen molar-refractivity contribution in [3.05, 3.63) is 23.8 Å². The molecule has 13 heteroatoms. The number of anilines is 2. The maximum absolute atomic E-state index is 13.7. The van der Waals surface area contributed by atoms with Gasteiger partial charge in [-0.1, -0.05) is 0 Å². The maximum Gasteiger partial charge on any atom is 0.418 e. The molecular formula is C19H21F5N4O4. The van der Waals surface area contributed by atoms with Crippen molar-refractivity contribution >= 4 is 29.1 Å². The minimum absolute atomic E-state index is 0.0585. The van der Waals surface area contributed by atoms with Crippen LogP contribution in [0.2, 0.25) is 0 Å². The molecule has 1 aliphatic carbocycles. The van der Waals surface area contributed by atoms with Crippen LogP contribution in [0.1, 0.15) is 18.4 Å². The fraction of sp³-hybridized carbons (Fsp3) is 0.526. The zero-order valence-electron chi connectivity index (χ0n) is 16.7. The predicted octanol–water partition coefficient (Wildman–Crippen LogP) is 1.59. The Balaban J connectivity index is 1.87. The van der Waals surface area contributed by atoms with Crippen molar-refractivity contribution in [2.24, 2.45) is 5.73 Å². The van der Waals surface area contributed by atoms with Crippen molar-refractivity contribution in [3.63, 3.8) is 0 Å². The van der Waals surface area contributed by atoms with Crippen molar-refractivity contribution in [2.75, 3.05) is 36.5 Å². The van der Waals surface area contributed by atoms with E-state index >= 15 is 0 Å². The highest BCUT2D eigenvalue weighted by molar-refractivity contribution is 6.09. The Hall–Kier alpha value is -2.80. The van der Waals surface area contributed by atoms with Crippen LogP contribution in [-0.2, 0) is 25.3 Å². The molecule has 0 unspecified atom stereocenters. The Kier molecular flexibility index (Phi) is 6.98. The summed E-state index contributed by atoms with van der Waals surface area (Å²) in [7, 11) is 0. The molecule has 176 valence electrons. The third-order valence-electron chi connectivity index (χ3n) is 5.06. The molecule has 8 nitrogen and oxygen atoms in total. The van der Waals surface area contributed by atoms with Gasteiger partial charge in [0, 0.05) is 18.3 Å². The molecule has 0 radical (unpaired) electrons. The fourth-order valence-corrected chi connectivity index (χ4v) is 3.53. The molecule has 2 aliphatic rings. The number of alkyl halides is 5. The largest absolute Gasteiger partial charge is 0.418 e. The average molecular weight is 464 g/mol. The summed E-state index contributed by atoms with van der Waals surface area (Å²) in [5.41, 5.74) is 3.32. The van der Waals surface area contributed by atoms with Crippen LogP contribution in [-0.4, -0.2) is 67.4 Å². The zero-order chi connectivity index (χ0) is 23.6. The van der Waals surface area contributed by atoms with Crippen LogP contribution in [0.5, 0.6) is 0 Å². The Labute approximate surface area is 179 Å². The number of nitrogens with zero attached hydrogens (tertiary/aromatic N) is 2. The maximum atomic E-state index is 13.7. The lowest BCUT2D eigenvalue weighted by molar-refractivity contribution is -0.138. The quantitative estimate of drug-likeness (QED) is 0.449. The van der Waals surface area contributed by atoms with E-state index in [4.69, 9.17) is 10.5 Å². The average Bonchev–Trinajstić information content (AvgIpc) is 3.52. The molecule has 0 aromatic heterocycles. The van der Waals surface area contributed by atoms with Gasteiger partial charge in [-0.3, -0.25) is 19.3 Å². The van der Waals surface area contributed by atoms with Gasteiger partial charge in [-0.25, -0.2) is 8.78 Å². The van der Waals surface area contributed by atoms with E-state index in [1.807, 2.05) is 0 Å². The molecule has 1 saturated heterocycles. The number of hydrogen-bond acceptors (Lipinski definition) is 5. The Morgan fingerprint density at radius 3 is 2.50 bits per heavy atom. The number of primary amides is 1. The minimum Gasteiger partial charge on any atom is -0.370 e. The van der Waals surface area contributed by atoms with Gasteiger partial charge in [0.25, 0.3) is 18.2 Å². The summed E-state index contributed by atoms with van der Waals surface area (Å²) in [6.45, 7) is -1.26. The molecule has 32 heavy (non-hydrogen) atoms. The van der Waals surface area contributed by atoms with Gasteiger partial charge in [0.2, 0.25) is 5.91 Å². The van der Waals surface area contributed by atoms with Gasteiger partial charge in [-0.15, -0.1) is 0 Å². The Morgan fingerprint density at radius 1 is 1.28 bits per heavy atom. The van der Waals surface area contributed by atoms with Gasteiger partial charge in [0.1, 0.15) is 6.61 Å². The zero-order valence-corrected chi connectivity index (χ0v) is 16.7. The third-order valence-corrected chi connectivity index (χ3v) is 5.06. The van der Waals surface area contributed by atoms with Crippen molar-refractivity contribution in [2.45, 2.75) is 37.5 Å². The molecule has 2 fully saturated rings. The van der Waals surface area contributed by atoms with Crippen molar-refractivity contribution < 1.29 is 41.1 Å². The van der Waals surface area contributed by atoms with E-state index in [1.165, 1.54) is 0 Å². The Bertz CT molecular complexity index is 891. The molecule has 0 bridgehead atoms. The standard InChI is InChI=1S/C19H21F5N4O4/c20-14(21)8-28(11-2-3-11)16(17(25)30)18(31)26-10-1-4-13(12(7-10)19(22,23)24)27-5-6-32-9-15(27)29/h1,4,7,11,14,16H,2-3,5-6,8-9H2,(H2,25,30)(H,26,31)/t16-/m1/s1. The highest BCUT2D eigenvalue weighted by atomic mass is 19.4. The second-order valence-corrected chi connectivity index (χ2v) is 7.44. The van der Waals surface area contributed by atoms with Crippen LogP contribution in [0.25, 0.3) is 0 Å². The number of hydrogen-bond donors (Lipinski definition) is 2. The van der Waals surface area contributed by atoms with E-state index in [1.54, 1.807) is 0 Å². The van der Waals surface area contributed by atoms with Crippen molar-refractivity contribution in [3.8, 4) is 0 Å². The molecule has 3 amide bonds. The molecule has 1 aromatic rings. The van der Waals surface area contributed by atoms with Crippen molar-refractivity contribution in [1.82, 2.24) is 4.90 Å². The molecular weight excluding hydrogens is 443 g/mol. The number of carbonyl (C=O) groups is 3. The van der Waals surface area contributed by atoms with E-state index in [0.717, 1.165) is 21.9 Å². The number of benzene rings is 1. The number of morpholine rings is 1. The summed E-state index contributed by atoms with van der Waals surface area (Å²) in [5.74, 6) is -2.96. The van der Waals surface area contributed by atoms with Gasteiger partial charge in [-0.05, 0) is 31.0 Å². The number of ether oxygens (including phenoxy) is 1. The van der Waals surface area contributed by atoms with Crippen LogP contribution in [0.15, 0.2) is 18.2 Å². The number of nitrogens with one attached hydrogen (secondary N) is 1. The monoisotopic (exact) mass is 464 g/mol. The van der Waals surface area contributed by atoms with E-state index in [2.05, 4.69) is 5.32 Å². The lowest BCUT2D eigenvalue weighted by atomic mass is 10.1. The molecule has 1 atom stereocenters. The summed E-state index contributed by atoms with van der Waals surface area (Å²) >= 11 is 0. The van der Waals surface area contributed by atoms with Gasteiger partial charge in [-0.2, -0.15) is 13.2 Å². The van der Waals surface area contributed by atoms with E-state index in [-0.39, 0.29) is 25.4 Å². The van der Waals surface area contributed by atoms with Gasteiger partial charge < -0.3 is 20.7 Å². The summed E-state index contributed by atoms with van der Waals surface area (Å²) in [5, 5.41) is 2.16. The second-order valence-electron chi connectivity index (χ2n) is 7.44. The first-order valence-electron chi connectivity index (χ1n) is 9.72. The fourth-order valence-electron chi connectivity index (χ4n) is 3.53. The van der Waals surface area contributed by atoms with Crippen molar-refractivity contribution in [1.29, 1.82) is 0 Å². The van der Waals surface area contributed by atoms with E-state index in [0.29, 0.717) is 18.9 Å². The molecule has 3 rings (SSSR count). The smallest absolute Gasteiger partial charge is 0.370 e. The van der Waals surface area contributed by atoms with Crippen LogP contribution in [0.3, 0.4) is 0 Å². The number of amides is 3. The second kappa shape index (κ2) is 9.36. The summed E-state index contributed by atoms with van der Waals surface area (Å²) in [6, 6.07) is 0.540. The SMILES string of the molecule is NC(=O)[C@H](C(=O)Nc1ccc(N2CCOCC2=O)c(C(F)(F)F)c1)N(CC(F)F)C1CC1. The molecule has 1 heterocycles. The molecule has 0 spiro atoms. The summed E-state index contributed by atoms with van der Waals surface area (Å²) in [6.07, 6.45) is -6.73. The van der Waals surface area contributed by atoms with Gasteiger partial charge in [0.15, 0.2) is 6.04 Å². The summed E-state index contributed by atoms with van der Waals surface area (Å²) < 4.78 is 71.8. The first-order valence-corrected chi connectivity index (χ1v) is 9.72. The van der Waals surface area contributed by atoms with Crippen LogP contribution < -0.4 is 16.0 Å². The number of halogens is 5. The van der Waals surface area contributed by atoms with E-state index in [9.17, 15) is 36.3 Å².